The number of carbonyl (C=O) groups excluding carboxylic acids is 2. The van der Waals surface area contributed by atoms with E-state index in [0.29, 0.717) is 25.1 Å². The lowest BCUT2D eigenvalue weighted by Crippen LogP contribution is -2.28. The van der Waals surface area contributed by atoms with Crippen LogP contribution in [0.2, 0.25) is 0 Å². The van der Waals surface area contributed by atoms with Crippen molar-refractivity contribution in [3.8, 4) is 0 Å². The van der Waals surface area contributed by atoms with Crippen LogP contribution in [-0.2, 0) is 17.8 Å². The van der Waals surface area contributed by atoms with E-state index < -0.39 is 0 Å². The summed E-state index contributed by atoms with van der Waals surface area (Å²) >= 11 is 5.08. The van der Waals surface area contributed by atoms with Gasteiger partial charge in [-0.2, -0.15) is 0 Å². The molecule has 0 radical (unpaired) electrons. The second-order valence-electron chi connectivity index (χ2n) is 5.86. The first-order valence-electron chi connectivity index (χ1n) is 7.92. The summed E-state index contributed by atoms with van der Waals surface area (Å²) in [6, 6.07) is 9.67. The summed E-state index contributed by atoms with van der Waals surface area (Å²) in [7, 11) is 1.82. The van der Waals surface area contributed by atoms with Gasteiger partial charge in [0.2, 0.25) is 5.91 Å². The van der Waals surface area contributed by atoms with Gasteiger partial charge in [0.25, 0.3) is 5.91 Å². The van der Waals surface area contributed by atoms with Gasteiger partial charge in [0, 0.05) is 36.1 Å². The highest BCUT2D eigenvalue weighted by molar-refractivity contribution is 9.11. The fraction of sp³-hybridized carbons (Fsp3) is 0.333. The first kappa shape index (κ1) is 17.2. The third kappa shape index (κ3) is 3.39. The molecule has 3 rings (SSSR count). The SMILES string of the molecule is CCC(=O)N1CCc2cc(C(=O)N(C)Cc3ccc(Br)s3)ccc21. The Balaban J connectivity index is 1.75. The van der Waals surface area contributed by atoms with Crippen LogP contribution in [0.15, 0.2) is 34.1 Å². The van der Waals surface area contributed by atoms with E-state index in [9.17, 15) is 9.59 Å². The summed E-state index contributed by atoms with van der Waals surface area (Å²) in [6.07, 6.45) is 1.31. The van der Waals surface area contributed by atoms with Crippen molar-refractivity contribution < 1.29 is 9.59 Å². The summed E-state index contributed by atoms with van der Waals surface area (Å²) in [6.45, 7) is 3.17. The Morgan fingerprint density at radius 3 is 2.75 bits per heavy atom. The normalized spacial score (nSPS) is 13.0. The molecule has 0 aliphatic carbocycles. The summed E-state index contributed by atoms with van der Waals surface area (Å²) in [5, 5.41) is 0. The van der Waals surface area contributed by atoms with Crippen molar-refractivity contribution in [3.63, 3.8) is 0 Å². The Hall–Kier alpha value is -1.66. The van der Waals surface area contributed by atoms with E-state index >= 15 is 0 Å². The quantitative estimate of drug-likeness (QED) is 0.767. The molecule has 1 aromatic heterocycles. The molecule has 126 valence electrons. The molecule has 1 aliphatic rings. The molecule has 0 spiro atoms. The van der Waals surface area contributed by atoms with Gasteiger partial charge < -0.3 is 9.80 Å². The molecule has 6 heteroatoms. The van der Waals surface area contributed by atoms with Crippen molar-refractivity contribution in [1.29, 1.82) is 0 Å². The minimum atomic E-state index is 0.00240. The molecular weight excluding hydrogens is 388 g/mol. The van der Waals surface area contributed by atoms with Crippen LogP contribution in [0.1, 0.15) is 34.1 Å². The Bertz CT molecular complexity index is 787. The van der Waals surface area contributed by atoms with Crippen molar-refractivity contribution >= 4 is 44.8 Å². The number of amides is 2. The second kappa shape index (κ2) is 7.07. The van der Waals surface area contributed by atoms with Gasteiger partial charge in [0.05, 0.1) is 10.3 Å². The van der Waals surface area contributed by atoms with Gasteiger partial charge in [-0.1, -0.05) is 6.92 Å². The van der Waals surface area contributed by atoms with Crippen molar-refractivity contribution in [1.82, 2.24) is 4.90 Å². The number of carbonyl (C=O) groups is 2. The Morgan fingerprint density at radius 1 is 1.29 bits per heavy atom. The molecule has 24 heavy (non-hydrogen) atoms. The molecule has 0 saturated carbocycles. The average molecular weight is 407 g/mol. The van der Waals surface area contributed by atoms with E-state index in [2.05, 4.69) is 15.9 Å². The van der Waals surface area contributed by atoms with Crippen LogP contribution >= 0.6 is 27.3 Å². The van der Waals surface area contributed by atoms with Crippen LogP contribution in [-0.4, -0.2) is 30.3 Å². The van der Waals surface area contributed by atoms with Crippen LogP contribution in [0.3, 0.4) is 0 Å². The van der Waals surface area contributed by atoms with E-state index in [-0.39, 0.29) is 11.8 Å². The van der Waals surface area contributed by atoms with Gasteiger partial charge in [-0.15, -0.1) is 11.3 Å². The second-order valence-corrected chi connectivity index (χ2v) is 8.41. The summed E-state index contributed by atoms with van der Waals surface area (Å²) in [5.41, 5.74) is 2.70. The number of halogens is 1. The number of benzene rings is 1. The van der Waals surface area contributed by atoms with Crippen LogP contribution in [0, 0.1) is 0 Å². The van der Waals surface area contributed by atoms with Gasteiger partial charge in [-0.3, -0.25) is 9.59 Å². The van der Waals surface area contributed by atoms with Gasteiger partial charge in [-0.25, -0.2) is 0 Å². The van der Waals surface area contributed by atoms with Crippen molar-refractivity contribution in [2.24, 2.45) is 0 Å². The Labute approximate surface area is 154 Å². The van der Waals surface area contributed by atoms with E-state index in [4.69, 9.17) is 0 Å². The Morgan fingerprint density at radius 2 is 2.08 bits per heavy atom. The van der Waals surface area contributed by atoms with Crippen molar-refractivity contribution in [2.75, 3.05) is 18.5 Å². The first-order valence-corrected chi connectivity index (χ1v) is 9.53. The lowest BCUT2D eigenvalue weighted by Gasteiger charge is -2.18. The van der Waals surface area contributed by atoms with Crippen LogP contribution < -0.4 is 4.90 Å². The lowest BCUT2D eigenvalue weighted by atomic mass is 10.1. The fourth-order valence-corrected chi connectivity index (χ4v) is 4.48. The number of hydrogen-bond donors (Lipinski definition) is 0. The maximum atomic E-state index is 12.7. The first-order chi connectivity index (χ1) is 11.5. The molecule has 2 aromatic rings. The molecule has 1 aliphatic heterocycles. The smallest absolute Gasteiger partial charge is 0.253 e. The van der Waals surface area contributed by atoms with Crippen molar-refractivity contribution in [3.05, 3.63) is 50.1 Å². The molecule has 0 saturated heterocycles. The third-order valence-electron chi connectivity index (χ3n) is 4.19. The lowest BCUT2D eigenvalue weighted by molar-refractivity contribution is -0.118. The van der Waals surface area contributed by atoms with Gasteiger partial charge in [-0.05, 0) is 58.2 Å². The largest absolute Gasteiger partial charge is 0.337 e. The molecular formula is C18H19BrN2O2S. The molecule has 0 unspecified atom stereocenters. The summed E-state index contributed by atoms with van der Waals surface area (Å²) in [5.74, 6) is 0.135. The zero-order chi connectivity index (χ0) is 17.3. The molecule has 0 atom stereocenters. The number of rotatable bonds is 4. The zero-order valence-electron chi connectivity index (χ0n) is 13.7. The maximum absolute atomic E-state index is 12.7. The predicted molar refractivity (Wildman–Crippen MR) is 101 cm³/mol. The minimum Gasteiger partial charge on any atom is -0.337 e. The number of thiophene rings is 1. The van der Waals surface area contributed by atoms with E-state index in [1.807, 2.05) is 49.2 Å². The average Bonchev–Trinajstić information content (AvgIpc) is 3.18. The summed E-state index contributed by atoms with van der Waals surface area (Å²) in [4.78, 5) is 29.3. The van der Waals surface area contributed by atoms with Gasteiger partial charge >= 0.3 is 0 Å². The standard InChI is InChI=1S/C18H19BrN2O2S/c1-3-17(22)21-9-8-12-10-13(4-6-15(12)21)18(23)20(2)11-14-5-7-16(19)24-14/h4-7,10H,3,8-9,11H2,1-2H3. The van der Waals surface area contributed by atoms with E-state index in [1.165, 1.54) is 0 Å². The number of nitrogens with zero attached hydrogens (tertiary/aromatic N) is 2. The van der Waals surface area contributed by atoms with Gasteiger partial charge in [0.1, 0.15) is 0 Å². The summed E-state index contributed by atoms with van der Waals surface area (Å²) < 4.78 is 1.07. The number of fused-ring (bicyclic) bond motifs is 1. The van der Waals surface area contributed by atoms with E-state index in [0.717, 1.165) is 26.3 Å². The molecule has 1 aromatic carbocycles. The topological polar surface area (TPSA) is 40.6 Å². The zero-order valence-corrected chi connectivity index (χ0v) is 16.1. The Kier molecular flexibility index (Phi) is 5.06. The molecule has 2 heterocycles. The predicted octanol–water partition coefficient (Wildman–Crippen LogP) is 4.08. The highest BCUT2D eigenvalue weighted by atomic mass is 79.9. The molecule has 0 bridgehead atoms. The molecule has 2 amide bonds. The number of anilines is 1. The monoisotopic (exact) mass is 406 g/mol. The fourth-order valence-electron chi connectivity index (χ4n) is 2.95. The van der Waals surface area contributed by atoms with Crippen molar-refractivity contribution in [2.45, 2.75) is 26.3 Å². The van der Waals surface area contributed by atoms with Crippen LogP contribution in [0.25, 0.3) is 0 Å². The molecule has 0 N–H and O–H groups in total. The molecule has 0 fully saturated rings. The molecule has 4 nitrogen and oxygen atoms in total. The number of hydrogen-bond acceptors (Lipinski definition) is 3. The van der Waals surface area contributed by atoms with Crippen LogP contribution in [0.5, 0.6) is 0 Å². The third-order valence-corrected chi connectivity index (χ3v) is 5.80. The van der Waals surface area contributed by atoms with Crippen LogP contribution in [0.4, 0.5) is 5.69 Å². The maximum Gasteiger partial charge on any atom is 0.253 e. The highest BCUT2D eigenvalue weighted by Gasteiger charge is 2.25. The highest BCUT2D eigenvalue weighted by Crippen LogP contribution is 2.30. The minimum absolute atomic E-state index is 0.00240. The van der Waals surface area contributed by atoms with E-state index in [1.54, 1.807) is 16.2 Å². The van der Waals surface area contributed by atoms with Gasteiger partial charge in [0.15, 0.2) is 0 Å².